The first-order valence-electron chi connectivity index (χ1n) is 5.91. The van der Waals surface area contributed by atoms with E-state index in [1.54, 1.807) is 6.07 Å². The van der Waals surface area contributed by atoms with Gasteiger partial charge in [-0.05, 0) is 23.6 Å². The van der Waals surface area contributed by atoms with E-state index < -0.39 is 12.1 Å². The van der Waals surface area contributed by atoms with E-state index in [-0.39, 0.29) is 5.92 Å². The van der Waals surface area contributed by atoms with Gasteiger partial charge >= 0.3 is 5.97 Å². The molecule has 0 saturated heterocycles. The molecule has 0 heterocycles. The number of hydrogen-bond acceptors (Lipinski definition) is 2. The molecule has 3 nitrogen and oxygen atoms in total. The van der Waals surface area contributed by atoms with Crippen molar-refractivity contribution in [3.05, 3.63) is 29.8 Å². The van der Waals surface area contributed by atoms with Gasteiger partial charge in [0.1, 0.15) is 5.75 Å². The predicted molar refractivity (Wildman–Crippen MR) is 67.4 cm³/mol. The fourth-order valence-corrected chi connectivity index (χ4v) is 1.57. The van der Waals surface area contributed by atoms with E-state index >= 15 is 0 Å². The molecule has 0 saturated carbocycles. The maximum atomic E-state index is 11.0. The minimum atomic E-state index is -0.921. The van der Waals surface area contributed by atoms with Crippen molar-refractivity contribution in [1.29, 1.82) is 0 Å². The first-order chi connectivity index (χ1) is 7.91. The molecule has 0 aliphatic heterocycles. The molecule has 0 aliphatic rings. The summed E-state index contributed by atoms with van der Waals surface area (Å²) in [6, 6.07) is 7.61. The van der Waals surface area contributed by atoms with Gasteiger partial charge in [-0.3, -0.25) is 0 Å². The predicted octanol–water partition coefficient (Wildman–Crippen LogP) is 3.30. The minimum Gasteiger partial charge on any atom is -0.478 e. The zero-order valence-corrected chi connectivity index (χ0v) is 10.8. The van der Waals surface area contributed by atoms with Crippen LogP contribution in [0.4, 0.5) is 0 Å². The van der Waals surface area contributed by atoms with E-state index in [2.05, 4.69) is 13.8 Å². The summed E-state index contributed by atoms with van der Waals surface area (Å²) in [5, 5.41) is 9.06. The number of benzene rings is 1. The van der Waals surface area contributed by atoms with Gasteiger partial charge in [-0.25, -0.2) is 4.79 Å². The Morgan fingerprint density at radius 3 is 2.35 bits per heavy atom. The smallest absolute Gasteiger partial charge is 0.345 e. The first kappa shape index (κ1) is 13.6. The molecule has 0 radical (unpaired) electrons. The Morgan fingerprint density at radius 2 is 1.88 bits per heavy atom. The fourth-order valence-electron chi connectivity index (χ4n) is 1.57. The minimum absolute atomic E-state index is 0.0600. The van der Waals surface area contributed by atoms with Crippen LogP contribution in [0.5, 0.6) is 5.75 Å². The van der Waals surface area contributed by atoms with Gasteiger partial charge in [-0.15, -0.1) is 0 Å². The van der Waals surface area contributed by atoms with Crippen molar-refractivity contribution >= 4 is 5.97 Å². The quantitative estimate of drug-likeness (QED) is 0.853. The van der Waals surface area contributed by atoms with Crippen molar-refractivity contribution in [2.45, 2.75) is 39.7 Å². The molecule has 94 valence electrons. The van der Waals surface area contributed by atoms with Gasteiger partial charge in [-0.1, -0.05) is 39.8 Å². The Hall–Kier alpha value is -1.51. The van der Waals surface area contributed by atoms with Gasteiger partial charge in [-0.2, -0.15) is 0 Å². The lowest BCUT2D eigenvalue weighted by molar-refractivity contribution is -0.147. The summed E-state index contributed by atoms with van der Waals surface area (Å²) in [6.45, 7) is 7.86. The van der Waals surface area contributed by atoms with E-state index in [0.717, 1.165) is 5.56 Å². The van der Waals surface area contributed by atoms with Gasteiger partial charge < -0.3 is 9.84 Å². The summed E-state index contributed by atoms with van der Waals surface area (Å²) in [5.41, 5.74) is 1.15. The second kappa shape index (κ2) is 5.71. The van der Waals surface area contributed by atoms with E-state index in [1.807, 2.05) is 32.0 Å². The fraction of sp³-hybridized carbons (Fsp3) is 0.500. The Balaban J connectivity index is 2.86. The van der Waals surface area contributed by atoms with Crippen LogP contribution in [0.2, 0.25) is 0 Å². The molecule has 0 amide bonds. The molecule has 1 atom stereocenters. The van der Waals surface area contributed by atoms with Crippen molar-refractivity contribution in [2.75, 3.05) is 0 Å². The molecule has 0 fully saturated rings. The molecule has 0 aromatic heterocycles. The highest BCUT2D eigenvalue weighted by molar-refractivity contribution is 5.73. The third kappa shape index (κ3) is 3.77. The van der Waals surface area contributed by atoms with E-state index in [1.165, 1.54) is 0 Å². The Kier molecular flexibility index (Phi) is 4.55. The summed E-state index contributed by atoms with van der Waals surface area (Å²) >= 11 is 0. The molecule has 0 aliphatic carbocycles. The van der Waals surface area contributed by atoms with E-state index in [9.17, 15) is 4.79 Å². The molecule has 1 N–H and O–H groups in total. The highest BCUT2D eigenvalue weighted by Gasteiger charge is 2.23. The van der Waals surface area contributed by atoms with Crippen molar-refractivity contribution < 1.29 is 14.6 Å². The van der Waals surface area contributed by atoms with Gasteiger partial charge in [0.25, 0.3) is 0 Å². The molecule has 1 rings (SSSR count). The Labute approximate surface area is 102 Å². The van der Waals surface area contributed by atoms with Crippen LogP contribution < -0.4 is 4.74 Å². The Bertz CT molecular complexity index is 383. The maximum absolute atomic E-state index is 11.0. The third-order valence-corrected chi connectivity index (χ3v) is 2.64. The van der Waals surface area contributed by atoms with Crippen LogP contribution >= 0.6 is 0 Å². The lowest BCUT2D eigenvalue weighted by Crippen LogP contribution is -2.32. The standard InChI is InChI=1S/C14H20O3/c1-9(2)11-6-5-7-12(8-11)17-13(10(3)4)14(15)16/h5-10,13H,1-4H3,(H,15,16). The SMILES string of the molecule is CC(C)c1cccc(OC(C(=O)O)C(C)C)c1. The number of rotatable bonds is 5. The zero-order valence-electron chi connectivity index (χ0n) is 10.8. The van der Waals surface area contributed by atoms with Crippen molar-refractivity contribution in [3.63, 3.8) is 0 Å². The summed E-state index contributed by atoms with van der Waals surface area (Å²) in [6.07, 6.45) is -0.794. The molecule has 1 unspecified atom stereocenters. The van der Waals surface area contributed by atoms with Crippen LogP contribution in [-0.2, 0) is 4.79 Å². The van der Waals surface area contributed by atoms with Gasteiger partial charge in [0.2, 0.25) is 0 Å². The normalized spacial score (nSPS) is 12.8. The molecular weight excluding hydrogens is 216 g/mol. The largest absolute Gasteiger partial charge is 0.478 e. The molecule has 0 bridgehead atoms. The van der Waals surface area contributed by atoms with Crippen molar-refractivity contribution in [3.8, 4) is 5.75 Å². The third-order valence-electron chi connectivity index (χ3n) is 2.64. The summed E-state index contributed by atoms with van der Waals surface area (Å²) < 4.78 is 5.53. The van der Waals surface area contributed by atoms with Crippen molar-refractivity contribution in [2.24, 2.45) is 5.92 Å². The average Bonchev–Trinajstić information content (AvgIpc) is 2.25. The molecule has 1 aromatic rings. The van der Waals surface area contributed by atoms with Crippen LogP contribution in [-0.4, -0.2) is 17.2 Å². The van der Waals surface area contributed by atoms with Crippen LogP contribution in [0.1, 0.15) is 39.2 Å². The van der Waals surface area contributed by atoms with Crippen LogP contribution in [0.25, 0.3) is 0 Å². The number of carboxylic acid groups (broad SMARTS) is 1. The number of carbonyl (C=O) groups is 1. The van der Waals surface area contributed by atoms with Gasteiger partial charge in [0.15, 0.2) is 6.10 Å². The van der Waals surface area contributed by atoms with Crippen LogP contribution in [0, 0.1) is 5.92 Å². The van der Waals surface area contributed by atoms with Gasteiger partial charge in [0, 0.05) is 5.92 Å². The average molecular weight is 236 g/mol. The van der Waals surface area contributed by atoms with Crippen molar-refractivity contribution in [1.82, 2.24) is 0 Å². The number of carboxylic acids is 1. The number of ether oxygens (including phenoxy) is 1. The maximum Gasteiger partial charge on any atom is 0.345 e. The highest BCUT2D eigenvalue weighted by atomic mass is 16.5. The van der Waals surface area contributed by atoms with E-state index in [4.69, 9.17) is 9.84 Å². The van der Waals surface area contributed by atoms with Gasteiger partial charge in [0.05, 0.1) is 0 Å². The second-order valence-electron chi connectivity index (χ2n) is 4.85. The molecular formula is C14H20O3. The molecule has 17 heavy (non-hydrogen) atoms. The highest BCUT2D eigenvalue weighted by Crippen LogP contribution is 2.22. The van der Waals surface area contributed by atoms with E-state index in [0.29, 0.717) is 11.7 Å². The zero-order chi connectivity index (χ0) is 13.0. The lowest BCUT2D eigenvalue weighted by atomic mass is 10.0. The topological polar surface area (TPSA) is 46.5 Å². The lowest BCUT2D eigenvalue weighted by Gasteiger charge is -2.19. The summed E-state index contributed by atoms with van der Waals surface area (Å²) in [5.74, 6) is 0.0448. The van der Waals surface area contributed by atoms with Crippen LogP contribution in [0.3, 0.4) is 0 Å². The Morgan fingerprint density at radius 1 is 1.24 bits per heavy atom. The number of aliphatic carboxylic acids is 1. The molecule has 3 heteroatoms. The number of hydrogen-bond donors (Lipinski definition) is 1. The van der Waals surface area contributed by atoms with Crippen LogP contribution in [0.15, 0.2) is 24.3 Å². The molecule has 1 aromatic carbocycles. The second-order valence-corrected chi connectivity index (χ2v) is 4.85. The first-order valence-corrected chi connectivity index (χ1v) is 5.91. The summed E-state index contributed by atoms with van der Waals surface area (Å²) in [7, 11) is 0. The monoisotopic (exact) mass is 236 g/mol. The molecule has 0 spiro atoms. The summed E-state index contributed by atoms with van der Waals surface area (Å²) in [4.78, 5) is 11.0.